The predicted octanol–water partition coefficient (Wildman–Crippen LogP) is 3.53. The lowest BCUT2D eigenvalue weighted by Crippen LogP contribution is -2.47. The summed E-state index contributed by atoms with van der Waals surface area (Å²) in [6, 6.07) is 14.1. The number of hydrogen-bond acceptors (Lipinski definition) is 7. The van der Waals surface area contributed by atoms with Crippen molar-refractivity contribution in [3.05, 3.63) is 82.8 Å². The van der Waals surface area contributed by atoms with Crippen molar-refractivity contribution in [3.63, 3.8) is 0 Å². The molecule has 0 unspecified atom stereocenters. The molecule has 0 radical (unpaired) electrons. The highest BCUT2D eigenvalue weighted by Gasteiger charge is 2.23. The highest BCUT2D eigenvalue weighted by Crippen LogP contribution is 2.28. The molecule has 0 aliphatic carbocycles. The second-order valence-electron chi connectivity index (χ2n) is 7.97. The van der Waals surface area contributed by atoms with E-state index in [1.807, 2.05) is 18.2 Å². The number of halogens is 1. The Labute approximate surface area is 189 Å². The van der Waals surface area contributed by atoms with E-state index in [4.69, 9.17) is 4.74 Å². The number of piperazine rings is 1. The molecule has 9 heteroatoms. The van der Waals surface area contributed by atoms with Gasteiger partial charge in [-0.1, -0.05) is 18.2 Å². The molecular formula is C24H23FN6O2. The van der Waals surface area contributed by atoms with Crippen molar-refractivity contribution < 1.29 is 9.13 Å². The van der Waals surface area contributed by atoms with Crippen LogP contribution in [0.4, 0.5) is 10.2 Å². The molecule has 0 spiro atoms. The summed E-state index contributed by atoms with van der Waals surface area (Å²) in [4.78, 5) is 31.7. The number of aromatic amines is 1. The number of nitrogens with zero attached hydrogens (tertiary/aromatic N) is 5. The lowest BCUT2D eigenvalue weighted by Gasteiger charge is -2.38. The van der Waals surface area contributed by atoms with Gasteiger partial charge in [-0.2, -0.15) is 0 Å². The van der Waals surface area contributed by atoms with Gasteiger partial charge in [0.25, 0.3) is 5.56 Å². The molecule has 2 aromatic heterocycles. The van der Waals surface area contributed by atoms with Crippen LogP contribution >= 0.6 is 0 Å². The van der Waals surface area contributed by atoms with E-state index in [-0.39, 0.29) is 17.4 Å². The third-order valence-corrected chi connectivity index (χ3v) is 5.95. The maximum Gasteiger partial charge on any atom is 0.266 e. The summed E-state index contributed by atoms with van der Waals surface area (Å²) in [5, 5.41) is 0. The zero-order valence-electron chi connectivity index (χ0n) is 18.1. The van der Waals surface area contributed by atoms with Crippen LogP contribution in [0.5, 0.6) is 11.6 Å². The van der Waals surface area contributed by atoms with Crippen LogP contribution in [0.15, 0.2) is 65.8 Å². The standard InChI is InChI=1S/C24H23FN6O2/c1-16(17-5-7-18(25)8-6-17)30-9-11-31(12-10-30)21-13-23(28-15-27-21)33-20-4-2-3-19-24(20)26-14-22(32)29-19/h2-8,13-16H,9-12H2,1H3,(H,29,32)/t16-/m0/s1. The summed E-state index contributed by atoms with van der Waals surface area (Å²) in [5.74, 6) is 1.48. The number of anilines is 1. The van der Waals surface area contributed by atoms with Crippen molar-refractivity contribution in [3.8, 4) is 11.6 Å². The quantitative estimate of drug-likeness (QED) is 0.502. The molecule has 1 aliphatic rings. The number of aromatic nitrogens is 4. The molecule has 1 N–H and O–H groups in total. The van der Waals surface area contributed by atoms with Crippen molar-refractivity contribution in [2.45, 2.75) is 13.0 Å². The number of para-hydroxylation sites is 1. The van der Waals surface area contributed by atoms with E-state index in [1.54, 1.807) is 18.2 Å². The summed E-state index contributed by atoms with van der Waals surface area (Å²) >= 11 is 0. The minimum atomic E-state index is -0.267. The van der Waals surface area contributed by atoms with E-state index >= 15 is 0 Å². The van der Waals surface area contributed by atoms with Gasteiger partial charge in [-0.25, -0.2) is 19.3 Å². The molecule has 3 heterocycles. The number of fused-ring (bicyclic) bond motifs is 1. The Bertz CT molecular complexity index is 1320. The van der Waals surface area contributed by atoms with Crippen molar-refractivity contribution in [1.29, 1.82) is 0 Å². The Balaban J connectivity index is 1.28. The first kappa shape index (κ1) is 21.0. The number of ether oxygens (including phenoxy) is 1. The van der Waals surface area contributed by atoms with E-state index in [0.29, 0.717) is 22.7 Å². The topological polar surface area (TPSA) is 87.2 Å². The van der Waals surface area contributed by atoms with E-state index in [9.17, 15) is 9.18 Å². The van der Waals surface area contributed by atoms with Crippen LogP contribution in [-0.2, 0) is 0 Å². The van der Waals surface area contributed by atoms with Crippen LogP contribution in [0, 0.1) is 5.82 Å². The van der Waals surface area contributed by atoms with Gasteiger partial charge in [0.15, 0.2) is 5.75 Å². The Morgan fingerprint density at radius 3 is 2.61 bits per heavy atom. The smallest absolute Gasteiger partial charge is 0.266 e. The summed E-state index contributed by atoms with van der Waals surface area (Å²) in [7, 11) is 0. The van der Waals surface area contributed by atoms with Crippen LogP contribution < -0.4 is 15.2 Å². The van der Waals surface area contributed by atoms with Gasteiger partial charge in [0, 0.05) is 38.3 Å². The highest BCUT2D eigenvalue weighted by atomic mass is 19.1. The fourth-order valence-electron chi connectivity index (χ4n) is 4.09. The lowest BCUT2D eigenvalue weighted by atomic mass is 10.1. The number of hydrogen-bond donors (Lipinski definition) is 1. The van der Waals surface area contributed by atoms with Gasteiger partial charge < -0.3 is 14.6 Å². The molecule has 0 amide bonds. The molecule has 1 fully saturated rings. The SMILES string of the molecule is C[C@@H](c1ccc(F)cc1)N1CCN(c2cc(Oc3cccc4[nH]c(=O)cnc34)ncn2)CC1. The highest BCUT2D eigenvalue weighted by molar-refractivity contribution is 5.80. The number of benzene rings is 2. The van der Waals surface area contributed by atoms with Crippen LogP contribution in [0.1, 0.15) is 18.5 Å². The Morgan fingerprint density at radius 2 is 1.82 bits per heavy atom. The molecule has 33 heavy (non-hydrogen) atoms. The van der Waals surface area contributed by atoms with Crippen molar-refractivity contribution in [2.24, 2.45) is 0 Å². The first-order valence-corrected chi connectivity index (χ1v) is 10.8. The average Bonchev–Trinajstić information content (AvgIpc) is 2.84. The maximum absolute atomic E-state index is 13.2. The minimum Gasteiger partial charge on any atom is -0.436 e. The maximum atomic E-state index is 13.2. The molecule has 8 nitrogen and oxygen atoms in total. The van der Waals surface area contributed by atoms with Crippen LogP contribution in [0.3, 0.4) is 0 Å². The molecular weight excluding hydrogens is 423 g/mol. The zero-order chi connectivity index (χ0) is 22.8. The summed E-state index contributed by atoms with van der Waals surface area (Å²) in [6.07, 6.45) is 2.71. The van der Waals surface area contributed by atoms with Gasteiger partial charge in [-0.15, -0.1) is 0 Å². The van der Waals surface area contributed by atoms with Crippen LogP contribution in [0.25, 0.3) is 11.0 Å². The van der Waals surface area contributed by atoms with Gasteiger partial charge in [0.2, 0.25) is 5.88 Å². The normalized spacial score (nSPS) is 15.5. The summed E-state index contributed by atoms with van der Waals surface area (Å²) in [5.41, 5.74) is 1.99. The molecule has 168 valence electrons. The predicted molar refractivity (Wildman–Crippen MR) is 123 cm³/mol. The fraction of sp³-hybridized carbons (Fsp3) is 0.250. The number of nitrogens with one attached hydrogen (secondary N) is 1. The Kier molecular flexibility index (Phi) is 5.70. The van der Waals surface area contributed by atoms with Crippen molar-refractivity contribution in [2.75, 3.05) is 31.1 Å². The zero-order valence-corrected chi connectivity index (χ0v) is 18.1. The van der Waals surface area contributed by atoms with Crippen molar-refractivity contribution >= 4 is 16.9 Å². The molecule has 4 aromatic rings. The summed E-state index contributed by atoms with van der Waals surface area (Å²) in [6.45, 7) is 5.47. The molecule has 1 saturated heterocycles. The third kappa shape index (κ3) is 4.54. The fourth-order valence-corrected chi connectivity index (χ4v) is 4.09. The van der Waals surface area contributed by atoms with Gasteiger partial charge in [-0.3, -0.25) is 9.69 Å². The second kappa shape index (κ2) is 8.95. The third-order valence-electron chi connectivity index (χ3n) is 5.95. The number of H-pyrrole nitrogens is 1. The first-order chi connectivity index (χ1) is 16.1. The van der Waals surface area contributed by atoms with Gasteiger partial charge in [0.1, 0.15) is 23.5 Å². The lowest BCUT2D eigenvalue weighted by molar-refractivity contribution is 0.198. The van der Waals surface area contributed by atoms with Crippen molar-refractivity contribution in [1.82, 2.24) is 24.8 Å². The largest absolute Gasteiger partial charge is 0.436 e. The Hall–Kier alpha value is -3.85. The van der Waals surface area contributed by atoms with Crippen LogP contribution in [-0.4, -0.2) is 51.0 Å². The van der Waals surface area contributed by atoms with Gasteiger partial charge in [0.05, 0.1) is 11.7 Å². The molecule has 0 bridgehead atoms. The average molecular weight is 446 g/mol. The molecule has 1 atom stereocenters. The van der Waals surface area contributed by atoms with E-state index < -0.39 is 0 Å². The monoisotopic (exact) mass is 446 g/mol. The summed E-state index contributed by atoms with van der Waals surface area (Å²) < 4.78 is 19.2. The van der Waals surface area contributed by atoms with Gasteiger partial charge in [-0.05, 0) is 36.8 Å². The molecule has 1 aliphatic heterocycles. The van der Waals surface area contributed by atoms with E-state index in [0.717, 1.165) is 37.6 Å². The van der Waals surface area contributed by atoms with Crippen LogP contribution in [0.2, 0.25) is 0 Å². The second-order valence-corrected chi connectivity index (χ2v) is 7.97. The van der Waals surface area contributed by atoms with E-state index in [1.165, 1.54) is 24.7 Å². The Morgan fingerprint density at radius 1 is 1.03 bits per heavy atom. The van der Waals surface area contributed by atoms with Gasteiger partial charge >= 0.3 is 0 Å². The molecule has 5 rings (SSSR count). The minimum absolute atomic E-state index is 0.211. The molecule has 2 aromatic carbocycles. The molecule has 0 saturated carbocycles. The number of rotatable bonds is 5. The first-order valence-electron chi connectivity index (χ1n) is 10.8. The van der Waals surface area contributed by atoms with E-state index in [2.05, 4.69) is 36.7 Å².